The summed E-state index contributed by atoms with van der Waals surface area (Å²) in [5.74, 6) is 0.994. The van der Waals surface area contributed by atoms with E-state index in [1.54, 1.807) is 12.1 Å². The van der Waals surface area contributed by atoms with Crippen LogP contribution in [-0.4, -0.2) is 65.1 Å². The number of hydrogen-bond donors (Lipinski definition) is 1. The fourth-order valence-corrected chi connectivity index (χ4v) is 4.42. The van der Waals surface area contributed by atoms with Gasteiger partial charge in [-0.3, -0.25) is 9.69 Å². The molecule has 2 fully saturated rings. The molecule has 0 aliphatic carbocycles. The zero-order valence-electron chi connectivity index (χ0n) is 18.1. The molecule has 3 heterocycles. The van der Waals surface area contributed by atoms with E-state index in [2.05, 4.69) is 25.3 Å². The van der Waals surface area contributed by atoms with Gasteiger partial charge in [0.1, 0.15) is 5.82 Å². The third kappa shape index (κ3) is 6.33. The minimum Gasteiger partial charge on any atom is -0.356 e. The van der Waals surface area contributed by atoms with Crippen LogP contribution < -0.4 is 5.32 Å². The number of carbonyl (C=O) groups excluding carboxylic acids is 1. The van der Waals surface area contributed by atoms with Gasteiger partial charge in [-0.05, 0) is 89.1 Å². The Kier molecular flexibility index (Phi) is 7.64. The van der Waals surface area contributed by atoms with Crippen LogP contribution in [0.4, 0.5) is 4.39 Å². The normalized spacial score (nSPS) is 18.9. The van der Waals surface area contributed by atoms with Crippen molar-refractivity contribution in [3.8, 4) is 11.4 Å². The summed E-state index contributed by atoms with van der Waals surface area (Å²) in [5.41, 5.74) is 0.729. The number of likely N-dealkylation sites (tertiary alicyclic amines) is 2. The van der Waals surface area contributed by atoms with Crippen LogP contribution in [0.5, 0.6) is 0 Å². The van der Waals surface area contributed by atoms with Gasteiger partial charge in [-0.1, -0.05) is 11.6 Å². The molecule has 0 bridgehead atoms. The summed E-state index contributed by atoms with van der Waals surface area (Å²) in [7, 11) is 0. The summed E-state index contributed by atoms with van der Waals surface area (Å²) in [4.78, 5) is 21.7. The van der Waals surface area contributed by atoms with Gasteiger partial charge >= 0.3 is 0 Å². The first kappa shape index (κ1) is 21.9. The third-order valence-corrected chi connectivity index (χ3v) is 6.29. The highest BCUT2D eigenvalue weighted by atomic mass is 19.1. The molecule has 1 amide bonds. The number of carbonyl (C=O) groups is 1. The van der Waals surface area contributed by atoms with E-state index in [1.165, 1.54) is 44.5 Å². The average Bonchev–Trinajstić information content (AvgIpc) is 3.27. The van der Waals surface area contributed by atoms with Crippen LogP contribution in [-0.2, 0) is 11.3 Å². The SMILES string of the molecule is O=C(NCCCN1CCCCC1)C1CCN(Cc2nc(-c3ccc(F)cc3)no2)CC1. The molecule has 1 N–H and O–H groups in total. The quantitative estimate of drug-likeness (QED) is 0.650. The second kappa shape index (κ2) is 10.8. The molecule has 0 unspecified atom stereocenters. The molecule has 0 spiro atoms. The van der Waals surface area contributed by atoms with Crippen molar-refractivity contribution < 1.29 is 13.7 Å². The zero-order valence-corrected chi connectivity index (χ0v) is 18.1. The van der Waals surface area contributed by atoms with Crippen LogP contribution in [0.3, 0.4) is 0 Å². The van der Waals surface area contributed by atoms with Crippen molar-refractivity contribution in [3.63, 3.8) is 0 Å². The summed E-state index contributed by atoms with van der Waals surface area (Å²) >= 11 is 0. The van der Waals surface area contributed by atoms with Gasteiger partial charge in [-0.15, -0.1) is 0 Å². The molecule has 7 nitrogen and oxygen atoms in total. The number of aromatic nitrogens is 2. The maximum Gasteiger partial charge on any atom is 0.241 e. The van der Waals surface area contributed by atoms with Gasteiger partial charge in [0.2, 0.25) is 17.6 Å². The predicted octanol–water partition coefficient (Wildman–Crippen LogP) is 3.08. The molecule has 2 aromatic rings. The Morgan fingerprint density at radius 1 is 1.06 bits per heavy atom. The number of rotatable bonds is 8. The molecule has 31 heavy (non-hydrogen) atoms. The Morgan fingerprint density at radius 2 is 1.81 bits per heavy atom. The van der Waals surface area contributed by atoms with Crippen LogP contribution in [0.2, 0.25) is 0 Å². The lowest BCUT2D eigenvalue weighted by molar-refractivity contribution is -0.126. The summed E-state index contributed by atoms with van der Waals surface area (Å²) in [6, 6.07) is 6.05. The smallest absolute Gasteiger partial charge is 0.241 e. The van der Waals surface area contributed by atoms with Gasteiger partial charge in [-0.25, -0.2) is 4.39 Å². The van der Waals surface area contributed by atoms with E-state index >= 15 is 0 Å². The fraction of sp³-hybridized carbons (Fsp3) is 0.609. The average molecular weight is 430 g/mol. The predicted molar refractivity (Wildman–Crippen MR) is 116 cm³/mol. The number of piperidine rings is 2. The standard InChI is InChI=1S/C23H32FN5O2/c24-20-7-5-18(6-8-20)22-26-21(31-27-22)17-29-15-9-19(10-16-29)23(30)25-11-4-14-28-12-2-1-3-13-28/h5-8,19H,1-4,9-17H2,(H,25,30). The van der Waals surface area contributed by atoms with E-state index in [-0.39, 0.29) is 17.6 Å². The van der Waals surface area contributed by atoms with Crippen molar-refractivity contribution in [1.82, 2.24) is 25.3 Å². The molecular weight excluding hydrogens is 397 g/mol. The molecule has 1 aromatic carbocycles. The molecule has 168 valence electrons. The van der Waals surface area contributed by atoms with Gasteiger partial charge < -0.3 is 14.7 Å². The van der Waals surface area contributed by atoms with Crippen LogP contribution in [0.1, 0.15) is 44.4 Å². The lowest BCUT2D eigenvalue weighted by Crippen LogP contribution is -2.41. The minimum atomic E-state index is -0.290. The van der Waals surface area contributed by atoms with Gasteiger partial charge in [0, 0.05) is 18.0 Å². The molecule has 2 aliphatic heterocycles. The van der Waals surface area contributed by atoms with Gasteiger partial charge in [-0.2, -0.15) is 4.98 Å². The van der Waals surface area contributed by atoms with E-state index < -0.39 is 0 Å². The molecule has 0 atom stereocenters. The van der Waals surface area contributed by atoms with Crippen molar-refractivity contribution in [1.29, 1.82) is 0 Å². The molecule has 4 rings (SSSR count). The van der Waals surface area contributed by atoms with Crippen LogP contribution in [0.15, 0.2) is 28.8 Å². The van der Waals surface area contributed by atoms with Crippen LogP contribution in [0, 0.1) is 11.7 Å². The maximum atomic E-state index is 13.1. The Labute approximate surface area is 183 Å². The first-order chi connectivity index (χ1) is 15.2. The Balaban J connectivity index is 1.15. The largest absolute Gasteiger partial charge is 0.356 e. The van der Waals surface area contributed by atoms with E-state index in [1.807, 2.05) is 0 Å². The minimum absolute atomic E-state index is 0.0868. The van der Waals surface area contributed by atoms with E-state index in [4.69, 9.17) is 4.52 Å². The highest BCUT2D eigenvalue weighted by molar-refractivity contribution is 5.78. The first-order valence-corrected chi connectivity index (χ1v) is 11.5. The Morgan fingerprint density at radius 3 is 2.55 bits per heavy atom. The zero-order chi connectivity index (χ0) is 21.5. The number of benzene rings is 1. The first-order valence-electron chi connectivity index (χ1n) is 11.5. The molecule has 2 aliphatic rings. The maximum absolute atomic E-state index is 13.1. The van der Waals surface area contributed by atoms with Gasteiger partial charge in [0.15, 0.2) is 0 Å². The molecular formula is C23H32FN5O2. The summed E-state index contributed by atoms with van der Waals surface area (Å²) in [6.07, 6.45) is 6.68. The van der Waals surface area contributed by atoms with Crippen molar-refractivity contribution in [2.24, 2.45) is 5.92 Å². The van der Waals surface area contributed by atoms with Gasteiger partial charge in [0.05, 0.1) is 6.54 Å². The second-order valence-electron chi connectivity index (χ2n) is 8.62. The summed E-state index contributed by atoms with van der Waals surface area (Å²) in [5, 5.41) is 7.13. The summed E-state index contributed by atoms with van der Waals surface area (Å²) in [6.45, 7) is 6.50. The number of nitrogens with one attached hydrogen (secondary N) is 1. The molecule has 0 radical (unpaired) electrons. The Hall–Kier alpha value is -2.32. The van der Waals surface area contributed by atoms with E-state index in [0.717, 1.165) is 51.0 Å². The Bertz CT molecular complexity index is 827. The topological polar surface area (TPSA) is 74.5 Å². The highest BCUT2D eigenvalue weighted by Gasteiger charge is 2.26. The lowest BCUT2D eigenvalue weighted by Gasteiger charge is -2.30. The van der Waals surface area contributed by atoms with Crippen molar-refractivity contribution in [2.45, 2.75) is 45.1 Å². The summed E-state index contributed by atoms with van der Waals surface area (Å²) < 4.78 is 18.4. The highest BCUT2D eigenvalue weighted by Crippen LogP contribution is 2.21. The number of amides is 1. The van der Waals surface area contributed by atoms with E-state index in [9.17, 15) is 9.18 Å². The molecule has 2 saturated heterocycles. The van der Waals surface area contributed by atoms with Crippen molar-refractivity contribution in [3.05, 3.63) is 36.0 Å². The number of halogens is 1. The van der Waals surface area contributed by atoms with Crippen molar-refractivity contribution >= 4 is 5.91 Å². The van der Waals surface area contributed by atoms with Crippen molar-refractivity contribution in [2.75, 3.05) is 39.3 Å². The number of hydrogen-bond acceptors (Lipinski definition) is 6. The van der Waals surface area contributed by atoms with Crippen LogP contribution in [0.25, 0.3) is 11.4 Å². The fourth-order valence-electron chi connectivity index (χ4n) is 4.42. The second-order valence-corrected chi connectivity index (χ2v) is 8.62. The number of nitrogens with zero attached hydrogens (tertiary/aromatic N) is 4. The molecule has 8 heteroatoms. The molecule has 1 aromatic heterocycles. The monoisotopic (exact) mass is 429 g/mol. The van der Waals surface area contributed by atoms with Crippen LogP contribution >= 0.6 is 0 Å². The van der Waals surface area contributed by atoms with E-state index in [0.29, 0.717) is 18.3 Å². The van der Waals surface area contributed by atoms with Gasteiger partial charge in [0.25, 0.3) is 0 Å². The lowest BCUT2D eigenvalue weighted by atomic mass is 9.96. The third-order valence-electron chi connectivity index (χ3n) is 6.29. The molecule has 0 saturated carbocycles.